The van der Waals surface area contributed by atoms with E-state index < -0.39 is 21.2 Å². The van der Waals surface area contributed by atoms with Gasteiger partial charge in [-0.2, -0.15) is 4.31 Å². The maximum absolute atomic E-state index is 13.3. The Labute approximate surface area is 251 Å². The van der Waals surface area contributed by atoms with Crippen LogP contribution in [-0.2, 0) is 14.8 Å². The molecular weight excluding hydrogens is 572 g/mol. The summed E-state index contributed by atoms with van der Waals surface area (Å²) in [6, 6.07) is 8.92. The number of likely N-dealkylation sites (tertiary alicyclic amines) is 1. The average Bonchev–Trinajstić information content (AvgIpc) is 3.56. The molecule has 2 amide bonds. The maximum atomic E-state index is 13.3. The van der Waals surface area contributed by atoms with Gasteiger partial charge < -0.3 is 24.8 Å². The highest BCUT2D eigenvalue weighted by molar-refractivity contribution is 7.92. The van der Waals surface area contributed by atoms with Crippen molar-refractivity contribution in [2.75, 3.05) is 33.0 Å². The number of nitrogens with one attached hydrogen (secondary N) is 1. The molecule has 0 saturated carbocycles. The number of nitrogens with zero attached hydrogens (tertiary/aromatic N) is 3. The van der Waals surface area contributed by atoms with Gasteiger partial charge in [-0.1, -0.05) is 0 Å². The van der Waals surface area contributed by atoms with Crippen LogP contribution in [0.1, 0.15) is 65.2 Å². The van der Waals surface area contributed by atoms with Crippen molar-refractivity contribution < 1.29 is 32.6 Å². The number of piperidine rings is 2. The van der Waals surface area contributed by atoms with Gasteiger partial charge in [-0.25, -0.2) is 8.42 Å². The molecule has 0 aromatic heterocycles. The minimum atomic E-state index is -3.76. The van der Waals surface area contributed by atoms with Crippen molar-refractivity contribution >= 4 is 33.7 Å². The van der Waals surface area contributed by atoms with Crippen molar-refractivity contribution in [3.8, 4) is 11.5 Å². The van der Waals surface area contributed by atoms with E-state index in [4.69, 9.17) is 14.5 Å². The molecule has 4 aliphatic rings. The van der Waals surface area contributed by atoms with Gasteiger partial charge >= 0.3 is 0 Å². The molecule has 2 aromatic rings. The van der Waals surface area contributed by atoms with E-state index in [1.165, 1.54) is 9.71 Å². The lowest BCUT2D eigenvalue weighted by molar-refractivity contribution is -0.124. The Kier molecular flexibility index (Phi) is 7.34. The van der Waals surface area contributed by atoms with Crippen LogP contribution in [0, 0.1) is 13.8 Å². The minimum Gasteiger partial charge on any atom is -0.454 e. The smallest absolute Gasteiger partial charge is 0.253 e. The van der Waals surface area contributed by atoms with E-state index in [1.807, 2.05) is 19.9 Å². The lowest BCUT2D eigenvalue weighted by Gasteiger charge is -2.36. The van der Waals surface area contributed by atoms with Crippen LogP contribution in [0.3, 0.4) is 0 Å². The number of aliphatic hydroxyl groups is 1. The number of ether oxygens (including phenoxy) is 2. The van der Waals surface area contributed by atoms with Crippen molar-refractivity contribution in [1.82, 2.24) is 14.5 Å². The Morgan fingerprint density at radius 2 is 1.65 bits per heavy atom. The Morgan fingerprint density at radius 3 is 2.33 bits per heavy atom. The van der Waals surface area contributed by atoms with Crippen LogP contribution >= 0.6 is 0 Å². The van der Waals surface area contributed by atoms with Crippen LogP contribution in [0.25, 0.3) is 6.08 Å². The first-order valence-corrected chi connectivity index (χ1v) is 16.0. The third kappa shape index (κ3) is 5.66. The lowest BCUT2D eigenvalue weighted by atomic mass is 9.89. The molecule has 1 spiro atoms. The number of aliphatic imine (C=N–C) groups is 1. The molecule has 4 aliphatic heterocycles. The van der Waals surface area contributed by atoms with E-state index in [9.17, 15) is 23.1 Å². The number of aryl methyl sites for hydroxylation is 2. The van der Waals surface area contributed by atoms with Gasteiger partial charge in [-0.15, -0.1) is 0 Å². The van der Waals surface area contributed by atoms with Gasteiger partial charge in [0.1, 0.15) is 11.4 Å². The van der Waals surface area contributed by atoms with Crippen LogP contribution in [0.5, 0.6) is 11.5 Å². The summed E-state index contributed by atoms with van der Waals surface area (Å²) in [5.74, 6) is 1.35. The summed E-state index contributed by atoms with van der Waals surface area (Å²) in [5, 5.41) is 14.3. The topological polar surface area (TPSA) is 138 Å². The fraction of sp³-hybridized carbons (Fsp3) is 0.452. The molecule has 4 heterocycles. The van der Waals surface area contributed by atoms with Crippen molar-refractivity contribution in [3.63, 3.8) is 0 Å². The molecule has 2 fully saturated rings. The second-order valence-corrected chi connectivity index (χ2v) is 13.9. The van der Waals surface area contributed by atoms with Gasteiger partial charge in [0.05, 0.1) is 5.60 Å². The molecular formula is C31H36N4O7S. The van der Waals surface area contributed by atoms with Crippen molar-refractivity contribution in [1.29, 1.82) is 0 Å². The van der Waals surface area contributed by atoms with Crippen LogP contribution in [0.2, 0.25) is 0 Å². The monoisotopic (exact) mass is 608 g/mol. The SMILES string of the molecule is Cc1cc(C(=O)N2CCC(C)(O)CC2)cc(C)c1/C=C/S(=O)(=O)N1CCC2(CC1)N=C(c1ccc3c(c1)OCO3)NC2=O. The molecule has 228 valence electrons. The maximum Gasteiger partial charge on any atom is 0.253 e. The molecule has 2 saturated heterocycles. The molecule has 0 bridgehead atoms. The number of benzene rings is 2. The summed E-state index contributed by atoms with van der Waals surface area (Å²) in [5.41, 5.74) is 1.83. The molecule has 0 radical (unpaired) electrons. The van der Waals surface area contributed by atoms with Crippen LogP contribution in [-0.4, -0.2) is 84.5 Å². The predicted octanol–water partition coefficient (Wildman–Crippen LogP) is 2.73. The highest BCUT2D eigenvalue weighted by Gasteiger charge is 2.47. The van der Waals surface area contributed by atoms with E-state index in [0.29, 0.717) is 54.4 Å². The molecule has 2 aromatic carbocycles. The number of amidine groups is 1. The second kappa shape index (κ2) is 10.8. The Balaban J connectivity index is 1.12. The number of amides is 2. The van der Waals surface area contributed by atoms with Crippen LogP contribution < -0.4 is 14.8 Å². The number of hydrogen-bond donors (Lipinski definition) is 2. The summed E-state index contributed by atoms with van der Waals surface area (Å²) in [7, 11) is -3.76. The van der Waals surface area contributed by atoms with E-state index in [-0.39, 0.29) is 44.5 Å². The first kappa shape index (κ1) is 29.3. The Morgan fingerprint density at radius 1 is 1.00 bits per heavy atom. The van der Waals surface area contributed by atoms with Gasteiger partial charge in [-0.05, 0) is 99.6 Å². The zero-order valence-corrected chi connectivity index (χ0v) is 25.4. The number of hydrogen-bond acceptors (Lipinski definition) is 8. The predicted molar refractivity (Wildman–Crippen MR) is 160 cm³/mol. The standard InChI is InChI=1S/C31H36N4O7S/c1-20-16-23(28(36)34-11-7-30(3,38)8-12-34)17-21(2)24(20)6-15-43(39,40)35-13-9-31(10-14-35)29(37)32-27(33-31)22-4-5-25-26(18-22)42-19-41-25/h4-6,15-18,38H,7-14,19H2,1-3H3,(H,32,33,37)/b15-6+. The zero-order valence-electron chi connectivity index (χ0n) is 24.6. The summed E-state index contributed by atoms with van der Waals surface area (Å²) in [6.07, 6.45) is 3.17. The Hall–Kier alpha value is -3.74. The average molecular weight is 609 g/mol. The van der Waals surface area contributed by atoms with Gasteiger partial charge in [0, 0.05) is 42.7 Å². The largest absolute Gasteiger partial charge is 0.454 e. The van der Waals surface area contributed by atoms with Crippen molar-refractivity contribution in [2.24, 2.45) is 4.99 Å². The van der Waals surface area contributed by atoms with E-state index >= 15 is 0 Å². The Bertz CT molecular complexity index is 1620. The second-order valence-electron chi connectivity index (χ2n) is 12.1. The van der Waals surface area contributed by atoms with Crippen molar-refractivity contribution in [3.05, 3.63) is 63.6 Å². The molecule has 0 unspecified atom stereocenters. The summed E-state index contributed by atoms with van der Waals surface area (Å²) in [4.78, 5) is 32.6. The van der Waals surface area contributed by atoms with E-state index in [2.05, 4.69) is 5.32 Å². The van der Waals surface area contributed by atoms with E-state index in [0.717, 1.165) is 16.7 Å². The quantitative estimate of drug-likeness (QED) is 0.533. The molecule has 6 rings (SSSR count). The summed E-state index contributed by atoms with van der Waals surface area (Å²) in [6.45, 7) is 6.96. The fourth-order valence-corrected chi connectivity index (χ4v) is 7.29. The first-order valence-electron chi connectivity index (χ1n) is 14.5. The fourth-order valence-electron chi connectivity index (χ4n) is 6.12. The molecule has 2 N–H and O–H groups in total. The number of carbonyl (C=O) groups is 2. The molecule has 11 nitrogen and oxygen atoms in total. The third-order valence-electron chi connectivity index (χ3n) is 8.91. The minimum absolute atomic E-state index is 0.0904. The zero-order chi connectivity index (χ0) is 30.6. The normalized spacial score (nSPS) is 21.3. The van der Waals surface area contributed by atoms with Crippen LogP contribution in [0.4, 0.5) is 0 Å². The highest BCUT2D eigenvalue weighted by atomic mass is 32.2. The van der Waals surface area contributed by atoms with Gasteiger partial charge in [-0.3, -0.25) is 14.6 Å². The first-order chi connectivity index (χ1) is 20.4. The number of carbonyl (C=O) groups excluding carboxylic acids is 2. The lowest BCUT2D eigenvalue weighted by Crippen LogP contribution is -2.50. The van der Waals surface area contributed by atoms with Gasteiger partial charge in [0.15, 0.2) is 11.5 Å². The molecule has 0 aliphatic carbocycles. The number of fused-ring (bicyclic) bond motifs is 1. The molecule has 43 heavy (non-hydrogen) atoms. The van der Waals surface area contributed by atoms with E-state index in [1.54, 1.807) is 42.2 Å². The van der Waals surface area contributed by atoms with Crippen molar-refractivity contribution in [2.45, 2.75) is 57.6 Å². The third-order valence-corrected chi connectivity index (χ3v) is 10.5. The van der Waals surface area contributed by atoms with Gasteiger partial charge in [0.2, 0.25) is 16.8 Å². The number of sulfonamides is 1. The highest BCUT2D eigenvalue weighted by Crippen LogP contribution is 2.36. The molecule has 0 atom stereocenters. The summed E-state index contributed by atoms with van der Waals surface area (Å²) >= 11 is 0. The van der Waals surface area contributed by atoms with Crippen LogP contribution in [0.15, 0.2) is 40.7 Å². The summed E-state index contributed by atoms with van der Waals surface area (Å²) < 4.78 is 38.8. The number of rotatable bonds is 5. The van der Waals surface area contributed by atoms with Gasteiger partial charge in [0.25, 0.3) is 11.8 Å². The molecule has 12 heteroatoms.